The maximum atomic E-state index is 12.6. The van der Waals surface area contributed by atoms with E-state index in [1.807, 2.05) is 30.3 Å². The third-order valence-electron chi connectivity index (χ3n) is 4.37. The summed E-state index contributed by atoms with van der Waals surface area (Å²) < 4.78 is 15.0. The molecule has 0 radical (unpaired) electrons. The second-order valence-corrected chi connectivity index (χ2v) is 6.82. The largest absolute Gasteiger partial charge is 0.457 e. The van der Waals surface area contributed by atoms with Crippen molar-refractivity contribution in [2.24, 2.45) is 0 Å². The summed E-state index contributed by atoms with van der Waals surface area (Å²) in [6.45, 7) is 1.72. The molecule has 4 rings (SSSR count). The molecule has 0 amide bonds. The molecule has 0 spiro atoms. The van der Waals surface area contributed by atoms with Crippen LogP contribution in [0.4, 0.5) is 5.00 Å². The predicted octanol–water partition coefficient (Wildman–Crippen LogP) is 4.11. The molecule has 0 saturated heterocycles. The third-order valence-corrected chi connectivity index (χ3v) is 5.32. The number of nitrogens with one attached hydrogen (secondary N) is 1. The molecule has 136 valence electrons. The Hall–Kier alpha value is -3.19. The standard InChI is InChI=1S/C20H16N2O4S/c1-11-17(19(21-2)27-22-11)20(24)25-10-13-9-16(23)26-15-8-7-12-5-3-4-6-14(12)18(13)15/h3-9,21H,10H2,1-2H3. The quantitative estimate of drug-likeness (QED) is 0.326. The van der Waals surface area contributed by atoms with Crippen LogP contribution in [0.1, 0.15) is 21.6 Å². The van der Waals surface area contributed by atoms with Crippen molar-refractivity contribution in [1.82, 2.24) is 4.37 Å². The Balaban J connectivity index is 1.75. The minimum atomic E-state index is -0.479. The lowest BCUT2D eigenvalue weighted by molar-refractivity contribution is 0.0474. The van der Waals surface area contributed by atoms with Gasteiger partial charge in [-0.15, -0.1) is 0 Å². The zero-order valence-electron chi connectivity index (χ0n) is 14.7. The monoisotopic (exact) mass is 380 g/mol. The molecule has 27 heavy (non-hydrogen) atoms. The average Bonchev–Trinajstić information content (AvgIpc) is 3.06. The van der Waals surface area contributed by atoms with Gasteiger partial charge in [0.15, 0.2) is 0 Å². The van der Waals surface area contributed by atoms with E-state index in [0.29, 0.717) is 27.4 Å². The van der Waals surface area contributed by atoms with Crippen molar-refractivity contribution in [3.8, 4) is 0 Å². The number of nitrogens with zero attached hydrogens (tertiary/aromatic N) is 1. The van der Waals surface area contributed by atoms with Gasteiger partial charge in [-0.1, -0.05) is 30.3 Å². The van der Waals surface area contributed by atoms with E-state index >= 15 is 0 Å². The summed E-state index contributed by atoms with van der Waals surface area (Å²) in [6, 6.07) is 12.8. The van der Waals surface area contributed by atoms with Crippen LogP contribution in [0.15, 0.2) is 51.7 Å². The zero-order chi connectivity index (χ0) is 19.0. The van der Waals surface area contributed by atoms with Crippen LogP contribution >= 0.6 is 11.5 Å². The summed E-state index contributed by atoms with van der Waals surface area (Å²) in [4.78, 5) is 24.5. The Labute approximate surface area is 158 Å². The SMILES string of the molecule is CNc1snc(C)c1C(=O)OCc1cc(=O)oc2ccc3ccccc3c12. The molecule has 0 fully saturated rings. The second kappa shape index (κ2) is 6.85. The van der Waals surface area contributed by atoms with Gasteiger partial charge in [0.2, 0.25) is 0 Å². The maximum Gasteiger partial charge on any atom is 0.343 e. The van der Waals surface area contributed by atoms with Crippen molar-refractivity contribution in [3.05, 3.63) is 69.7 Å². The van der Waals surface area contributed by atoms with Crippen LogP contribution < -0.4 is 10.9 Å². The molecule has 0 aliphatic rings. The highest BCUT2D eigenvalue weighted by molar-refractivity contribution is 7.10. The number of hydrogen-bond acceptors (Lipinski definition) is 7. The van der Waals surface area contributed by atoms with Gasteiger partial charge in [0, 0.05) is 24.1 Å². The number of carbonyl (C=O) groups is 1. The molecule has 7 heteroatoms. The van der Waals surface area contributed by atoms with Crippen LogP contribution in [0, 0.1) is 6.92 Å². The summed E-state index contributed by atoms with van der Waals surface area (Å²) in [5.41, 5.74) is 1.62. The molecular weight excluding hydrogens is 364 g/mol. The number of anilines is 1. The molecule has 0 atom stereocenters. The number of aromatic nitrogens is 1. The number of aryl methyl sites for hydroxylation is 1. The van der Waals surface area contributed by atoms with Crippen molar-refractivity contribution < 1.29 is 13.9 Å². The van der Waals surface area contributed by atoms with Crippen LogP contribution in [-0.4, -0.2) is 17.4 Å². The van der Waals surface area contributed by atoms with Gasteiger partial charge in [0.25, 0.3) is 0 Å². The summed E-state index contributed by atoms with van der Waals surface area (Å²) in [7, 11) is 1.73. The number of benzene rings is 2. The van der Waals surface area contributed by atoms with Gasteiger partial charge < -0.3 is 14.5 Å². The smallest absolute Gasteiger partial charge is 0.343 e. The van der Waals surface area contributed by atoms with E-state index in [0.717, 1.165) is 16.2 Å². The summed E-state index contributed by atoms with van der Waals surface area (Å²) in [6.07, 6.45) is 0. The molecule has 0 unspecified atom stereocenters. The first-order chi connectivity index (χ1) is 13.1. The molecule has 0 bridgehead atoms. The van der Waals surface area contributed by atoms with E-state index in [1.54, 1.807) is 20.0 Å². The van der Waals surface area contributed by atoms with Crippen molar-refractivity contribution >= 4 is 44.2 Å². The Kier molecular flexibility index (Phi) is 4.37. The summed E-state index contributed by atoms with van der Waals surface area (Å²) >= 11 is 1.21. The predicted molar refractivity (Wildman–Crippen MR) is 106 cm³/mol. The molecule has 2 aromatic heterocycles. The van der Waals surface area contributed by atoms with E-state index in [9.17, 15) is 9.59 Å². The Morgan fingerprint density at radius 1 is 1.26 bits per heavy atom. The van der Waals surface area contributed by atoms with E-state index in [4.69, 9.17) is 9.15 Å². The summed E-state index contributed by atoms with van der Waals surface area (Å²) in [5.74, 6) is -0.479. The minimum Gasteiger partial charge on any atom is -0.457 e. The number of carbonyl (C=O) groups excluding carboxylic acids is 1. The van der Waals surface area contributed by atoms with Gasteiger partial charge in [-0.3, -0.25) is 0 Å². The fourth-order valence-corrected chi connectivity index (χ4v) is 3.86. The normalized spacial score (nSPS) is 11.0. The van der Waals surface area contributed by atoms with Crippen molar-refractivity contribution in [2.75, 3.05) is 12.4 Å². The molecule has 0 saturated carbocycles. The topological polar surface area (TPSA) is 81.4 Å². The first-order valence-corrected chi connectivity index (χ1v) is 9.11. The lowest BCUT2D eigenvalue weighted by Gasteiger charge is -2.10. The fraction of sp³-hybridized carbons (Fsp3) is 0.150. The zero-order valence-corrected chi connectivity index (χ0v) is 15.6. The fourth-order valence-electron chi connectivity index (χ4n) is 3.13. The van der Waals surface area contributed by atoms with Gasteiger partial charge in [-0.25, -0.2) is 9.59 Å². The number of esters is 1. The molecule has 6 nitrogen and oxygen atoms in total. The van der Waals surface area contributed by atoms with E-state index < -0.39 is 11.6 Å². The molecule has 2 heterocycles. The molecule has 2 aromatic carbocycles. The highest BCUT2D eigenvalue weighted by atomic mass is 32.1. The average molecular weight is 380 g/mol. The van der Waals surface area contributed by atoms with Crippen LogP contribution in [0.25, 0.3) is 21.7 Å². The van der Waals surface area contributed by atoms with E-state index in [1.165, 1.54) is 17.6 Å². The van der Waals surface area contributed by atoms with Crippen LogP contribution in [0.2, 0.25) is 0 Å². The number of ether oxygens (including phenoxy) is 1. The van der Waals surface area contributed by atoms with Gasteiger partial charge in [0.05, 0.1) is 5.69 Å². The highest BCUT2D eigenvalue weighted by Crippen LogP contribution is 2.29. The lowest BCUT2D eigenvalue weighted by atomic mass is 10.0. The maximum absolute atomic E-state index is 12.6. The van der Waals surface area contributed by atoms with Gasteiger partial charge in [-0.05, 0) is 35.3 Å². The van der Waals surface area contributed by atoms with Crippen LogP contribution in [0.3, 0.4) is 0 Å². The minimum absolute atomic E-state index is 0.0343. The summed E-state index contributed by atoms with van der Waals surface area (Å²) in [5, 5.41) is 6.33. The van der Waals surface area contributed by atoms with Crippen molar-refractivity contribution in [3.63, 3.8) is 0 Å². The molecule has 0 aliphatic heterocycles. The van der Waals surface area contributed by atoms with E-state index in [-0.39, 0.29) is 6.61 Å². The molecule has 4 aromatic rings. The second-order valence-electron chi connectivity index (χ2n) is 6.05. The van der Waals surface area contributed by atoms with Crippen molar-refractivity contribution in [1.29, 1.82) is 0 Å². The van der Waals surface area contributed by atoms with Crippen LogP contribution in [0.5, 0.6) is 0 Å². The molecule has 0 aliphatic carbocycles. The first-order valence-electron chi connectivity index (χ1n) is 8.34. The Morgan fingerprint density at radius 3 is 2.89 bits per heavy atom. The highest BCUT2D eigenvalue weighted by Gasteiger charge is 2.20. The van der Waals surface area contributed by atoms with Crippen molar-refractivity contribution in [2.45, 2.75) is 13.5 Å². The third kappa shape index (κ3) is 3.06. The first kappa shape index (κ1) is 17.2. The number of fused-ring (bicyclic) bond motifs is 3. The van der Waals surface area contributed by atoms with Gasteiger partial charge in [0.1, 0.15) is 22.8 Å². The Bertz CT molecular complexity index is 1230. The Morgan fingerprint density at radius 2 is 2.07 bits per heavy atom. The van der Waals surface area contributed by atoms with Crippen LogP contribution in [-0.2, 0) is 11.3 Å². The van der Waals surface area contributed by atoms with Gasteiger partial charge >= 0.3 is 11.6 Å². The van der Waals surface area contributed by atoms with Gasteiger partial charge in [-0.2, -0.15) is 4.37 Å². The van der Waals surface area contributed by atoms with E-state index in [2.05, 4.69) is 9.69 Å². The molecular formula is C20H16N2O4S. The number of rotatable bonds is 4. The lowest BCUT2D eigenvalue weighted by Crippen LogP contribution is -2.10. The number of hydrogen-bond donors (Lipinski definition) is 1. The molecule has 1 N–H and O–H groups in total.